The van der Waals surface area contributed by atoms with Crippen LogP contribution in [0, 0.1) is 19.9 Å². The first-order valence-electron chi connectivity index (χ1n) is 21.7. The van der Waals surface area contributed by atoms with Gasteiger partial charge in [0, 0.05) is 12.1 Å². The van der Waals surface area contributed by atoms with Crippen molar-refractivity contribution in [1.29, 1.82) is 0 Å². The van der Waals surface area contributed by atoms with Gasteiger partial charge in [-0.1, -0.05) is 46.8 Å². The molecule has 354 valence electrons. The lowest BCUT2D eigenvalue weighted by atomic mass is 9.86. The van der Waals surface area contributed by atoms with Gasteiger partial charge < -0.3 is 52.6 Å². The molecule has 0 saturated heterocycles. The first-order valence-corrected chi connectivity index (χ1v) is 21.7. The molecule has 0 saturated carbocycles. The van der Waals surface area contributed by atoms with Crippen LogP contribution < -0.4 is 43.8 Å². The number of carbonyl (C=O) groups excluding carboxylic acids is 2. The van der Waals surface area contributed by atoms with Gasteiger partial charge in [-0.25, -0.2) is 0 Å². The van der Waals surface area contributed by atoms with Crippen molar-refractivity contribution in [1.82, 2.24) is 19.9 Å². The number of carbonyl (C=O) groups is 2. The van der Waals surface area contributed by atoms with E-state index in [1.807, 2.05) is 26.8 Å². The average Bonchev–Trinajstić information content (AvgIpc) is 4.10. The van der Waals surface area contributed by atoms with Crippen LogP contribution in [-0.2, 0) is 23.7 Å². The Morgan fingerprint density at radius 1 is 0.642 bits per heavy atom. The number of aryl methyl sites for hydroxylation is 4. The summed E-state index contributed by atoms with van der Waals surface area (Å²) in [7, 11) is 5.44. The van der Waals surface area contributed by atoms with Crippen LogP contribution in [0.1, 0.15) is 108 Å². The molecule has 2 aliphatic carbocycles. The van der Waals surface area contributed by atoms with E-state index in [2.05, 4.69) is 76.5 Å². The molecule has 2 N–H and O–H groups in total. The summed E-state index contributed by atoms with van der Waals surface area (Å²) in [4.78, 5) is 41.0. The Labute approximate surface area is 387 Å². The molecule has 2 aliphatic rings. The molecule has 67 heavy (non-hydrogen) atoms. The van der Waals surface area contributed by atoms with Crippen LogP contribution in [0.2, 0.25) is 0 Å². The number of methoxy groups -OCH3 is 4. The summed E-state index contributed by atoms with van der Waals surface area (Å²) in [5.74, 6) is 0.496. The molecule has 18 heteroatoms. The zero-order chi connectivity index (χ0) is 48.2. The zero-order valence-corrected chi connectivity index (χ0v) is 39.5. The van der Waals surface area contributed by atoms with Crippen LogP contribution in [0.4, 0.5) is 15.8 Å². The van der Waals surface area contributed by atoms with Crippen LogP contribution in [0.5, 0.6) is 52.9 Å². The molecule has 2 aromatic carbocycles. The number of ether oxygens (including phenoxy) is 7. The highest BCUT2D eigenvalue weighted by Gasteiger charge is 2.32. The van der Waals surface area contributed by atoms with E-state index >= 15 is 0 Å². The molecule has 0 aliphatic heterocycles. The highest BCUT2D eigenvalue weighted by molar-refractivity contribution is 6.04. The lowest BCUT2D eigenvalue weighted by molar-refractivity contribution is 0.0984. The van der Waals surface area contributed by atoms with Gasteiger partial charge in [0.05, 0.1) is 35.0 Å². The molecular weight excluding hydrogens is 868 g/mol. The number of benzene rings is 2. The van der Waals surface area contributed by atoms with Crippen molar-refractivity contribution in [3.63, 3.8) is 0 Å². The molecule has 2 amide bonds. The Morgan fingerprint density at radius 3 is 1.43 bits per heavy atom. The van der Waals surface area contributed by atoms with Crippen molar-refractivity contribution in [3.05, 3.63) is 99.5 Å². The normalized spacial score (nSPS) is 13.9. The maximum atomic E-state index is 13.5. The second-order valence-electron chi connectivity index (χ2n) is 17.3. The molecule has 0 fully saturated rings. The lowest BCUT2D eigenvalue weighted by Gasteiger charge is -2.20. The third-order valence-electron chi connectivity index (χ3n) is 11.7. The van der Waals surface area contributed by atoms with Crippen molar-refractivity contribution in [2.75, 3.05) is 45.7 Å². The van der Waals surface area contributed by atoms with Gasteiger partial charge in [-0.05, 0) is 114 Å². The van der Waals surface area contributed by atoms with Crippen molar-refractivity contribution in [3.8, 4) is 52.9 Å². The number of amides is 2. The number of nitrogens with one attached hydrogen (secondary N) is 2. The molecule has 17 nitrogen and oxygen atoms in total. The number of furan rings is 2. The maximum Gasteiger partial charge on any atom is 0.323 e. The van der Waals surface area contributed by atoms with E-state index < -0.39 is 17.9 Å². The van der Waals surface area contributed by atoms with E-state index in [-0.39, 0.29) is 75.1 Å². The molecule has 0 spiro atoms. The second-order valence-corrected chi connectivity index (χ2v) is 17.3. The summed E-state index contributed by atoms with van der Waals surface area (Å²) in [6.07, 6.45) is 4.07. The van der Waals surface area contributed by atoms with Crippen molar-refractivity contribution in [2.45, 2.75) is 91.4 Å². The predicted molar refractivity (Wildman–Crippen MR) is 245 cm³/mol. The number of nitrogens with zero attached hydrogens (tertiary/aromatic N) is 4. The van der Waals surface area contributed by atoms with Crippen molar-refractivity contribution < 1.29 is 56.0 Å². The van der Waals surface area contributed by atoms with Crippen molar-refractivity contribution in [2.24, 2.45) is 0 Å². The molecule has 4 aromatic heterocycles. The van der Waals surface area contributed by atoms with E-state index in [9.17, 15) is 14.0 Å². The highest BCUT2D eigenvalue weighted by atomic mass is 19.1. The number of hydrogen-bond donors (Lipinski definition) is 2. The summed E-state index contributed by atoms with van der Waals surface area (Å²) >= 11 is 0. The van der Waals surface area contributed by atoms with Crippen LogP contribution >= 0.6 is 0 Å². The topological polar surface area (TPSA) is 201 Å². The third kappa shape index (κ3) is 10.4. The predicted octanol–water partition coefficient (Wildman–Crippen LogP) is 10.3. The summed E-state index contributed by atoms with van der Waals surface area (Å²) in [6.45, 7) is 15.3. The molecule has 0 unspecified atom stereocenters. The monoisotopic (exact) mass is 922 g/mol. The first-order chi connectivity index (χ1) is 32.0. The largest absolute Gasteiger partial charge is 0.479 e. The number of halogens is 1. The van der Waals surface area contributed by atoms with E-state index in [0.29, 0.717) is 18.1 Å². The number of hydrogen-bond acceptors (Lipinski definition) is 15. The van der Waals surface area contributed by atoms with Crippen LogP contribution in [0.3, 0.4) is 0 Å². The van der Waals surface area contributed by atoms with Gasteiger partial charge in [-0.2, -0.15) is 24.3 Å². The van der Waals surface area contributed by atoms with E-state index in [4.69, 9.17) is 42.0 Å². The number of anilines is 2. The lowest BCUT2D eigenvalue weighted by Crippen LogP contribution is -2.14. The van der Waals surface area contributed by atoms with Crippen LogP contribution in [0.25, 0.3) is 0 Å². The molecule has 0 atom stereocenters. The Morgan fingerprint density at radius 2 is 1.04 bits per heavy atom. The van der Waals surface area contributed by atoms with Gasteiger partial charge in [0.2, 0.25) is 23.5 Å². The van der Waals surface area contributed by atoms with E-state index in [1.165, 1.54) is 62.8 Å². The number of fused-ring (bicyclic) bond motifs is 2. The van der Waals surface area contributed by atoms with Crippen LogP contribution in [0.15, 0.2) is 57.4 Å². The molecular formula is C49H55FN6O11. The van der Waals surface area contributed by atoms with Gasteiger partial charge in [0.1, 0.15) is 11.5 Å². The quantitative estimate of drug-likeness (QED) is 0.0921. The molecule has 8 rings (SSSR count). The van der Waals surface area contributed by atoms with E-state index in [0.717, 1.165) is 43.2 Å². The average molecular weight is 923 g/mol. The zero-order valence-electron chi connectivity index (χ0n) is 39.5. The van der Waals surface area contributed by atoms with E-state index in [1.54, 1.807) is 12.1 Å². The Kier molecular flexibility index (Phi) is 13.9. The fraction of sp³-hybridized carbons (Fsp3) is 0.388. The van der Waals surface area contributed by atoms with Gasteiger partial charge in [-0.15, -0.1) is 0 Å². The van der Waals surface area contributed by atoms with Gasteiger partial charge >= 0.3 is 12.1 Å². The summed E-state index contributed by atoms with van der Waals surface area (Å²) in [6, 6.07) is 14.7. The number of rotatable bonds is 15. The van der Waals surface area contributed by atoms with Gasteiger partial charge in [0.15, 0.2) is 22.9 Å². The molecule has 0 bridgehead atoms. The van der Waals surface area contributed by atoms with Crippen molar-refractivity contribution >= 4 is 23.2 Å². The summed E-state index contributed by atoms with van der Waals surface area (Å²) in [5, 5.41) is 5.22. The summed E-state index contributed by atoms with van der Waals surface area (Å²) < 4.78 is 62.8. The standard InChI is InChI=1S/C26H31N3O6.C23H24FN3O5/c1-7-12-33-25-28-23(31-5)21(24(29-25)32-6)27-22(30)18-8-9-20(34-18)35-19-14-17-16(13-15(19)2)10-11-26(17,3)4;1-12-10-13-8-9-23(2,3)14(13)11-16(12)32-17-7-6-15(31-17)19(28)25-18-20(29-4)26-22(24)27-21(18)30-5/h8-9,13-14H,7,10-12H2,1-6H3,(H,27,30);6-7,10-11H,8-9H2,1-5H3,(H,25,28). The van der Waals surface area contributed by atoms with Crippen LogP contribution in [-0.4, -0.2) is 66.8 Å². The first kappa shape index (κ1) is 47.6. The Hall–Kier alpha value is -7.37. The third-order valence-corrected chi connectivity index (χ3v) is 11.7. The smallest absolute Gasteiger partial charge is 0.323 e. The minimum atomic E-state index is -1.04. The molecule has 6 aromatic rings. The van der Waals surface area contributed by atoms with Gasteiger partial charge in [0.25, 0.3) is 23.7 Å². The SMILES string of the molecule is CCCOc1nc(OC)c(NC(=O)c2ccc(Oc3cc4c(cc3C)CCC4(C)C)o2)c(OC)n1.COc1nc(F)nc(OC)c1NC(=O)c1ccc(Oc2cc3c(cc2C)CCC3(C)C)o1. The second kappa shape index (κ2) is 19.6. The number of aromatic nitrogens is 4. The Balaban J connectivity index is 0.000000200. The molecule has 0 radical (unpaired) electrons. The van der Waals surface area contributed by atoms with Gasteiger partial charge in [-0.3, -0.25) is 9.59 Å². The minimum absolute atomic E-state index is 0.0167. The Bertz CT molecular complexity index is 2750. The fourth-order valence-corrected chi connectivity index (χ4v) is 7.97. The minimum Gasteiger partial charge on any atom is -0.479 e. The fourth-order valence-electron chi connectivity index (χ4n) is 7.97. The maximum absolute atomic E-state index is 13.5. The summed E-state index contributed by atoms with van der Waals surface area (Å²) in [5.41, 5.74) is 7.59. The highest BCUT2D eigenvalue weighted by Crippen LogP contribution is 2.44. The molecule has 4 heterocycles.